The molecule has 0 aliphatic rings. The van der Waals surface area contributed by atoms with Crippen molar-refractivity contribution >= 4 is 38.2 Å². The number of hydrogen-bond acceptors (Lipinski definition) is 3. The van der Waals surface area contributed by atoms with Gasteiger partial charge in [-0.05, 0) is 54.9 Å². The van der Waals surface area contributed by atoms with Gasteiger partial charge in [0, 0.05) is 27.3 Å². The lowest BCUT2D eigenvalue weighted by molar-refractivity contribution is 0.635. The molecule has 1 heterocycles. The van der Waals surface area contributed by atoms with Gasteiger partial charge in [0.1, 0.15) is 0 Å². The van der Waals surface area contributed by atoms with Gasteiger partial charge in [0.25, 0.3) is 0 Å². The van der Waals surface area contributed by atoms with Crippen molar-refractivity contribution in [3.05, 3.63) is 28.9 Å². The summed E-state index contributed by atoms with van der Waals surface area (Å²) in [6.07, 6.45) is 1.79. The van der Waals surface area contributed by atoms with E-state index in [9.17, 15) is 0 Å². The number of rotatable bonds is 1. The largest absolute Gasteiger partial charge is 0.398 e. The average molecular weight is 294 g/mol. The summed E-state index contributed by atoms with van der Waals surface area (Å²) >= 11 is 3.41. The summed E-state index contributed by atoms with van der Waals surface area (Å²) in [5.41, 5.74) is 8.62. The second-order valence-corrected chi connectivity index (χ2v) is 6.04. The summed E-state index contributed by atoms with van der Waals surface area (Å²) in [5, 5.41) is 4.40. The first-order valence-corrected chi connectivity index (χ1v) is 6.28. The first-order valence-electron chi connectivity index (χ1n) is 5.49. The molecular weight excluding hydrogens is 278 g/mol. The molecular formula is C13H16BrN3. The van der Waals surface area contributed by atoms with E-state index in [-0.39, 0.29) is 5.54 Å². The van der Waals surface area contributed by atoms with Gasteiger partial charge >= 0.3 is 0 Å². The molecule has 0 amide bonds. The minimum Gasteiger partial charge on any atom is -0.398 e. The Bertz CT molecular complexity index is 558. The fourth-order valence-corrected chi connectivity index (χ4v) is 2.05. The lowest BCUT2D eigenvalue weighted by atomic mass is 10.1. The highest BCUT2D eigenvalue weighted by atomic mass is 79.9. The van der Waals surface area contributed by atoms with Crippen LogP contribution in [0.4, 0.5) is 11.4 Å². The maximum atomic E-state index is 5.97. The van der Waals surface area contributed by atoms with Crippen molar-refractivity contribution in [2.24, 2.45) is 0 Å². The van der Waals surface area contributed by atoms with Crippen molar-refractivity contribution in [1.29, 1.82) is 0 Å². The van der Waals surface area contributed by atoms with Gasteiger partial charge in [-0.2, -0.15) is 0 Å². The normalized spacial score (nSPS) is 11.8. The Morgan fingerprint density at radius 1 is 1.29 bits per heavy atom. The topological polar surface area (TPSA) is 50.9 Å². The van der Waals surface area contributed by atoms with Gasteiger partial charge in [-0.1, -0.05) is 0 Å². The zero-order chi connectivity index (χ0) is 12.6. The molecule has 0 aliphatic heterocycles. The highest BCUT2D eigenvalue weighted by Crippen LogP contribution is 2.30. The third kappa shape index (κ3) is 2.69. The standard InChI is InChI=1S/C13H16BrN3/c1-13(2,3)17-11-5-4-10(15)9-6-8(14)7-16-12(9)11/h4-7,17H,15H2,1-3H3. The lowest BCUT2D eigenvalue weighted by Gasteiger charge is -2.23. The van der Waals surface area contributed by atoms with E-state index in [0.29, 0.717) is 0 Å². The Labute approximate surface area is 110 Å². The van der Waals surface area contributed by atoms with Crippen LogP contribution in [-0.4, -0.2) is 10.5 Å². The number of hydrogen-bond donors (Lipinski definition) is 2. The van der Waals surface area contributed by atoms with Crippen LogP contribution in [0, 0.1) is 0 Å². The molecule has 0 radical (unpaired) electrons. The third-order valence-electron chi connectivity index (χ3n) is 2.36. The Morgan fingerprint density at radius 2 is 2.00 bits per heavy atom. The number of nitrogens with two attached hydrogens (primary N) is 1. The molecule has 0 fully saturated rings. The van der Waals surface area contributed by atoms with E-state index in [1.807, 2.05) is 18.2 Å². The number of fused-ring (bicyclic) bond motifs is 1. The van der Waals surface area contributed by atoms with Crippen molar-refractivity contribution in [2.45, 2.75) is 26.3 Å². The van der Waals surface area contributed by atoms with Crippen LogP contribution in [0.25, 0.3) is 10.9 Å². The number of nitrogen functional groups attached to an aromatic ring is 1. The zero-order valence-corrected chi connectivity index (χ0v) is 11.8. The molecule has 0 aliphatic carbocycles. The molecule has 0 unspecified atom stereocenters. The fourth-order valence-electron chi connectivity index (χ4n) is 1.72. The molecule has 3 nitrogen and oxygen atoms in total. The van der Waals surface area contributed by atoms with E-state index in [1.165, 1.54) is 0 Å². The van der Waals surface area contributed by atoms with Gasteiger partial charge in [-0.3, -0.25) is 4.98 Å². The maximum absolute atomic E-state index is 5.97. The second-order valence-electron chi connectivity index (χ2n) is 5.13. The molecule has 2 aromatic rings. The number of nitrogens with zero attached hydrogens (tertiary/aromatic N) is 1. The van der Waals surface area contributed by atoms with Crippen molar-refractivity contribution in [3.8, 4) is 0 Å². The molecule has 2 rings (SSSR count). The van der Waals surface area contributed by atoms with Crippen LogP contribution in [0.2, 0.25) is 0 Å². The van der Waals surface area contributed by atoms with E-state index in [1.54, 1.807) is 6.20 Å². The minimum atomic E-state index is -0.00218. The van der Waals surface area contributed by atoms with Crippen LogP contribution in [-0.2, 0) is 0 Å². The molecule has 1 aromatic carbocycles. The molecule has 17 heavy (non-hydrogen) atoms. The van der Waals surface area contributed by atoms with E-state index in [4.69, 9.17) is 5.73 Å². The molecule has 3 N–H and O–H groups in total. The van der Waals surface area contributed by atoms with E-state index < -0.39 is 0 Å². The summed E-state index contributed by atoms with van der Waals surface area (Å²) in [5.74, 6) is 0. The van der Waals surface area contributed by atoms with Gasteiger partial charge in [0.05, 0.1) is 11.2 Å². The summed E-state index contributed by atoms with van der Waals surface area (Å²) < 4.78 is 0.935. The van der Waals surface area contributed by atoms with E-state index in [0.717, 1.165) is 26.8 Å². The Balaban J connectivity index is 2.62. The third-order valence-corrected chi connectivity index (χ3v) is 2.79. The van der Waals surface area contributed by atoms with Crippen LogP contribution < -0.4 is 11.1 Å². The van der Waals surface area contributed by atoms with Crippen molar-refractivity contribution in [1.82, 2.24) is 4.98 Å². The Morgan fingerprint density at radius 3 is 2.65 bits per heavy atom. The van der Waals surface area contributed by atoms with Crippen LogP contribution in [0.15, 0.2) is 28.9 Å². The van der Waals surface area contributed by atoms with Crippen molar-refractivity contribution < 1.29 is 0 Å². The number of nitrogens with one attached hydrogen (secondary N) is 1. The SMILES string of the molecule is CC(C)(C)Nc1ccc(N)c2cc(Br)cnc12. The van der Waals surface area contributed by atoms with Crippen LogP contribution in [0.1, 0.15) is 20.8 Å². The molecule has 0 saturated carbocycles. The van der Waals surface area contributed by atoms with Crippen molar-refractivity contribution in [2.75, 3.05) is 11.1 Å². The predicted molar refractivity (Wildman–Crippen MR) is 77.2 cm³/mol. The second kappa shape index (κ2) is 4.18. The van der Waals surface area contributed by atoms with Crippen molar-refractivity contribution in [3.63, 3.8) is 0 Å². The number of anilines is 2. The van der Waals surface area contributed by atoms with Crippen LogP contribution >= 0.6 is 15.9 Å². The Hall–Kier alpha value is -1.29. The first-order chi connectivity index (χ1) is 7.87. The summed E-state index contributed by atoms with van der Waals surface area (Å²) in [6, 6.07) is 5.87. The average Bonchev–Trinajstić information content (AvgIpc) is 2.21. The maximum Gasteiger partial charge on any atom is 0.0954 e. The number of pyridine rings is 1. The summed E-state index contributed by atoms with van der Waals surface area (Å²) in [4.78, 5) is 4.44. The number of halogens is 1. The smallest absolute Gasteiger partial charge is 0.0954 e. The monoisotopic (exact) mass is 293 g/mol. The highest BCUT2D eigenvalue weighted by molar-refractivity contribution is 9.10. The number of benzene rings is 1. The zero-order valence-electron chi connectivity index (χ0n) is 10.2. The molecule has 4 heteroatoms. The number of aromatic nitrogens is 1. The lowest BCUT2D eigenvalue weighted by Crippen LogP contribution is -2.26. The quantitative estimate of drug-likeness (QED) is 0.787. The minimum absolute atomic E-state index is 0.00218. The van der Waals surface area contributed by atoms with Gasteiger partial charge < -0.3 is 11.1 Å². The molecule has 0 spiro atoms. The van der Waals surface area contributed by atoms with Gasteiger partial charge in [-0.15, -0.1) is 0 Å². The molecule has 0 atom stereocenters. The summed E-state index contributed by atoms with van der Waals surface area (Å²) in [6.45, 7) is 6.36. The Kier molecular flexibility index (Phi) is 3.00. The summed E-state index contributed by atoms with van der Waals surface area (Å²) in [7, 11) is 0. The fraction of sp³-hybridized carbons (Fsp3) is 0.308. The van der Waals surface area contributed by atoms with Gasteiger partial charge in [-0.25, -0.2) is 0 Å². The van der Waals surface area contributed by atoms with E-state index in [2.05, 4.69) is 47.0 Å². The van der Waals surface area contributed by atoms with Gasteiger partial charge in [0.15, 0.2) is 0 Å². The van der Waals surface area contributed by atoms with E-state index >= 15 is 0 Å². The molecule has 90 valence electrons. The predicted octanol–water partition coefficient (Wildman–Crippen LogP) is 3.79. The van der Waals surface area contributed by atoms with Gasteiger partial charge in [0.2, 0.25) is 0 Å². The van der Waals surface area contributed by atoms with Crippen LogP contribution in [0.5, 0.6) is 0 Å². The highest BCUT2D eigenvalue weighted by Gasteiger charge is 2.13. The molecule has 0 saturated heterocycles. The van der Waals surface area contributed by atoms with Crippen LogP contribution in [0.3, 0.4) is 0 Å². The first kappa shape index (κ1) is 12.2. The molecule has 0 bridgehead atoms. The molecule has 1 aromatic heterocycles.